The highest BCUT2D eigenvalue weighted by atomic mass is 32.1. The molecule has 0 spiro atoms. The monoisotopic (exact) mass is 372 g/mol. The van der Waals surface area contributed by atoms with Gasteiger partial charge in [-0.3, -0.25) is 9.69 Å². The number of nitrogens with zero attached hydrogens (tertiary/aromatic N) is 6. The molecule has 3 heterocycles. The van der Waals surface area contributed by atoms with Gasteiger partial charge in [-0.25, -0.2) is 9.78 Å². The number of thiazole rings is 1. The highest BCUT2D eigenvalue weighted by molar-refractivity contribution is 7.22. The van der Waals surface area contributed by atoms with Gasteiger partial charge < -0.3 is 0 Å². The van der Waals surface area contributed by atoms with E-state index in [1.54, 1.807) is 13.1 Å². The quantitative estimate of drug-likeness (QED) is 0.545. The van der Waals surface area contributed by atoms with E-state index in [1.165, 1.54) is 32.3 Å². The highest BCUT2D eigenvalue weighted by Crippen LogP contribution is 2.27. The van der Waals surface area contributed by atoms with Gasteiger partial charge >= 0.3 is 5.69 Å². The molecule has 0 aliphatic carbocycles. The second-order valence-corrected chi connectivity index (χ2v) is 7.13. The van der Waals surface area contributed by atoms with E-state index in [-0.39, 0.29) is 12.5 Å². The van der Waals surface area contributed by atoms with Gasteiger partial charge in [0.15, 0.2) is 5.13 Å². The van der Waals surface area contributed by atoms with Gasteiger partial charge in [0.05, 0.1) is 10.2 Å². The number of hydrogen-bond donors (Lipinski definition) is 0. The smallest absolute Gasteiger partial charge is 0.290 e. The molecule has 1 aromatic carbocycles. The molecule has 4 rings (SSSR count). The van der Waals surface area contributed by atoms with Gasteiger partial charge in [-0.1, -0.05) is 23.5 Å². The normalized spacial score (nSPS) is 11.1. The summed E-state index contributed by atoms with van der Waals surface area (Å²) >= 11 is 2.79. The fourth-order valence-electron chi connectivity index (χ4n) is 2.25. The lowest BCUT2D eigenvalue weighted by molar-refractivity contribution is -0.119. The third-order valence-corrected chi connectivity index (χ3v) is 5.54. The van der Waals surface area contributed by atoms with Crippen molar-refractivity contribution in [2.45, 2.75) is 6.54 Å². The molecule has 0 saturated heterocycles. The lowest BCUT2D eigenvalue weighted by Crippen LogP contribution is -2.34. The summed E-state index contributed by atoms with van der Waals surface area (Å²) < 4.78 is 3.22. The van der Waals surface area contributed by atoms with E-state index in [2.05, 4.69) is 15.4 Å². The Morgan fingerprint density at radius 3 is 2.80 bits per heavy atom. The molecular weight excluding hydrogens is 360 g/mol. The summed E-state index contributed by atoms with van der Waals surface area (Å²) in [5.41, 5.74) is 0.386. The molecule has 126 valence electrons. The van der Waals surface area contributed by atoms with E-state index in [4.69, 9.17) is 0 Å². The number of carbonyl (C=O) groups is 1. The second kappa shape index (κ2) is 6.22. The number of para-hydroxylation sites is 1. The van der Waals surface area contributed by atoms with Crippen molar-refractivity contribution in [3.05, 3.63) is 52.3 Å². The Morgan fingerprint density at radius 1 is 1.20 bits per heavy atom. The number of likely N-dealkylation sites (N-methyl/N-ethyl adjacent to an activating group) is 1. The number of rotatable bonds is 4. The standard InChI is InChI=1S/C15H12N6O2S2/c1-19(14-16-10-5-2-3-6-11(10)25-14)12(22)9-20-15(23)21(18-17-20)13-7-4-8-24-13/h2-8H,9H2,1H3. The van der Waals surface area contributed by atoms with E-state index >= 15 is 0 Å². The van der Waals surface area contributed by atoms with Gasteiger partial charge in [0.25, 0.3) is 5.91 Å². The predicted octanol–water partition coefficient (Wildman–Crippen LogP) is 1.76. The highest BCUT2D eigenvalue weighted by Gasteiger charge is 2.19. The molecular formula is C15H12N6O2S2. The molecule has 4 aromatic rings. The lowest BCUT2D eigenvalue weighted by Gasteiger charge is -2.12. The number of aromatic nitrogens is 5. The van der Waals surface area contributed by atoms with Crippen LogP contribution in [0.4, 0.5) is 5.13 Å². The maximum absolute atomic E-state index is 12.5. The van der Waals surface area contributed by atoms with Crippen LogP contribution in [0.1, 0.15) is 0 Å². The number of carbonyl (C=O) groups excluding carboxylic acids is 1. The maximum Gasteiger partial charge on any atom is 0.369 e. The van der Waals surface area contributed by atoms with Crippen LogP contribution in [0, 0.1) is 0 Å². The predicted molar refractivity (Wildman–Crippen MR) is 96.5 cm³/mol. The Labute approximate surface area is 149 Å². The van der Waals surface area contributed by atoms with Crippen molar-refractivity contribution >= 4 is 43.9 Å². The number of anilines is 1. The van der Waals surface area contributed by atoms with Crippen LogP contribution >= 0.6 is 22.7 Å². The number of amides is 1. The molecule has 10 heteroatoms. The Kier molecular flexibility index (Phi) is 3.90. The van der Waals surface area contributed by atoms with Gasteiger partial charge in [-0.2, -0.15) is 9.36 Å². The third-order valence-electron chi connectivity index (χ3n) is 3.58. The van der Waals surface area contributed by atoms with Crippen LogP contribution in [0.2, 0.25) is 0 Å². The number of thiophene rings is 1. The van der Waals surface area contributed by atoms with Crippen molar-refractivity contribution in [3.8, 4) is 5.00 Å². The average Bonchev–Trinajstić information content (AvgIpc) is 3.34. The summed E-state index contributed by atoms with van der Waals surface area (Å²) in [6, 6.07) is 11.2. The number of fused-ring (bicyclic) bond motifs is 1. The van der Waals surface area contributed by atoms with Gasteiger partial charge in [0.2, 0.25) is 0 Å². The number of tetrazole rings is 1. The van der Waals surface area contributed by atoms with Crippen LogP contribution < -0.4 is 10.6 Å². The van der Waals surface area contributed by atoms with Crippen molar-refractivity contribution in [1.82, 2.24) is 24.8 Å². The summed E-state index contributed by atoms with van der Waals surface area (Å²) in [4.78, 5) is 30.7. The minimum atomic E-state index is -0.450. The molecule has 0 radical (unpaired) electrons. The topological polar surface area (TPSA) is 85.9 Å². The Hall–Kier alpha value is -2.85. The fourth-order valence-corrected chi connectivity index (χ4v) is 3.86. The summed E-state index contributed by atoms with van der Waals surface area (Å²) in [7, 11) is 1.63. The first-order valence-electron chi connectivity index (χ1n) is 7.32. The van der Waals surface area contributed by atoms with Gasteiger partial charge in [-0.05, 0) is 40.1 Å². The number of benzene rings is 1. The summed E-state index contributed by atoms with van der Waals surface area (Å²) in [5, 5.41) is 10.7. The summed E-state index contributed by atoms with van der Waals surface area (Å²) in [6.07, 6.45) is 0. The molecule has 0 aliphatic heterocycles. The first-order valence-corrected chi connectivity index (χ1v) is 9.02. The lowest BCUT2D eigenvalue weighted by atomic mass is 10.3. The second-order valence-electron chi connectivity index (χ2n) is 5.20. The average molecular weight is 372 g/mol. The molecule has 0 atom stereocenters. The SMILES string of the molecule is CN(C(=O)Cn1nnn(-c2cccs2)c1=O)c1nc2ccccc2s1. The van der Waals surface area contributed by atoms with Crippen molar-refractivity contribution in [1.29, 1.82) is 0 Å². The summed E-state index contributed by atoms with van der Waals surface area (Å²) in [6.45, 7) is -0.198. The van der Waals surface area contributed by atoms with Crippen LogP contribution in [0.3, 0.4) is 0 Å². The maximum atomic E-state index is 12.5. The van der Waals surface area contributed by atoms with Gasteiger partial charge in [0.1, 0.15) is 11.5 Å². The van der Waals surface area contributed by atoms with E-state index in [1.807, 2.05) is 35.7 Å². The Morgan fingerprint density at radius 2 is 2.04 bits per heavy atom. The molecule has 0 N–H and O–H groups in total. The molecule has 3 aromatic heterocycles. The Balaban J connectivity index is 1.56. The first-order chi connectivity index (χ1) is 12.1. The van der Waals surface area contributed by atoms with Crippen molar-refractivity contribution in [2.75, 3.05) is 11.9 Å². The van der Waals surface area contributed by atoms with E-state index in [9.17, 15) is 9.59 Å². The van der Waals surface area contributed by atoms with Crippen LogP contribution in [-0.2, 0) is 11.3 Å². The zero-order valence-electron chi connectivity index (χ0n) is 13.1. The summed E-state index contributed by atoms with van der Waals surface area (Å²) in [5.74, 6) is -0.292. The van der Waals surface area contributed by atoms with Gasteiger partial charge in [0, 0.05) is 7.05 Å². The largest absolute Gasteiger partial charge is 0.369 e. The molecule has 25 heavy (non-hydrogen) atoms. The molecule has 0 unspecified atom stereocenters. The van der Waals surface area contributed by atoms with Crippen molar-refractivity contribution < 1.29 is 4.79 Å². The van der Waals surface area contributed by atoms with E-state index < -0.39 is 5.69 Å². The Bertz CT molecular complexity index is 1060. The van der Waals surface area contributed by atoms with E-state index in [0.717, 1.165) is 14.9 Å². The third kappa shape index (κ3) is 2.85. The molecule has 0 fully saturated rings. The van der Waals surface area contributed by atoms with Crippen LogP contribution in [0.25, 0.3) is 15.2 Å². The first kappa shape index (κ1) is 15.7. The van der Waals surface area contributed by atoms with E-state index in [0.29, 0.717) is 10.1 Å². The minimum Gasteiger partial charge on any atom is -0.290 e. The van der Waals surface area contributed by atoms with Crippen LogP contribution in [0.15, 0.2) is 46.6 Å². The van der Waals surface area contributed by atoms with Gasteiger partial charge in [-0.15, -0.1) is 11.3 Å². The van der Waals surface area contributed by atoms with Crippen molar-refractivity contribution in [3.63, 3.8) is 0 Å². The molecule has 1 amide bonds. The molecule has 8 nitrogen and oxygen atoms in total. The minimum absolute atomic E-state index is 0.198. The number of hydrogen-bond acceptors (Lipinski definition) is 7. The molecule has 0 bridgehead atoms. The van der Waals surface area contributed by atoms with Crippen molar-refractivity contribution in [2.24, 2.45) is 0 Å². The molecule has 0 aliphatic rings. The van der Waals surface area contributed by atoms with Crippen LogP contribution in [-0.4, -0.2) is 37.7 Å². The fraction of sp³-hybridized carbons (Fsp3) is 0.133. The van der Waals surface area contributed by atoms with Crippen LogP contribution in [0.5, 0.6) is 0 Å². The molecule has 0 saturated carbocycles. The zero-order valence-corrected chi connectivity index (χ0v) is 14.7. The zero-order chi connectivity index (χ0) is 17.4.